The average Bonchev–Trinajstić information content (AvgIpc) is 2.52. The van der Waals surface area contributed by atoms with Gasteiger partial charge in [-0.1, -0.05) is 30.3 Å². The molecule has 23 heavy (non-hydrogen) atoms. The summed E-state index contributed by atoms with van der Waals surface area (Å²) in [6.45, 7) is 1.62. The van der Waals surface area contributed by atoms with E-state index in [2.05, 4.69) is 0 Å². The summed E-state index contributed by atoms with van der Waals surface area (Å²) in [6.07, 6.45) is 0. The maximum atomic E-state index is 11.3. The minimum absolute atomic E-state index is 0.112. The van der Waals surface area contributed by atoms with E-state index in [1.54, 1.807) is 0 Å². The average molecular weight is 317 g/mol. The number of nitro benzene ring substituents is 1. The van der Waals surface area contributed by atoms with E-state index in [0.717, 1.165) is 11.6 Å². The Kier molecular flexibility index (Phi) is 4.80. The molecule has 0 spiro atoms. The van der Waals surface area contributed by atoms with Crippen LogP contribution in [0, 0.1) is 17.0 Å². The predicted octanol–water partition coefficient (Wildman–Crippen LogP) is 3.19. The monoisotopic (exact) mass is 317 g/mol. The molecule has 1 N–H and O–H groups in total. The van der Waals surface area contributed by atoms with E-state index in [9.17, 15) is 20.0 Å². The van der Waals surface area contributed by atoms with Crippen molar-refractivity contribution in [2.45, 2.75) is 13.5 Å². The summed E-state index contributed by atoms with van der Waals surface area (Å²) < 4.78 is 10.8. The van der Waals surface area contributed by atoms with E-state index >= 15 is 0 Å². The molecule has 2 aromatic carbocycles. The summed E-state index contributed by atoms with van der Waals surface area (Å²) in [6, 6.07) is 10.4. The number of carboxylic acids is 1. The summed E-state index contributed by atoms with van der Waals surface area (Å²) in [5.41, 5.74) is 0.0562. The molecule has 0 aliphatic carbocycles. The van der Waals surface area contributed by atoms with Gasteiger partial charge >= 0.3 is 5.97 Å². The molecule has 0 fully saturated rings. The minimum atomic E-state index is -1.40. The lowest BCUT2D eigenvalue weighted by atomic mass is 10.1. The minimum Gasteiger partial charge on any atom is -0.492 e. The van der Waals surface area contributed by atoms with Gasteiger partial charge in [-0.2, -0.15) is 0 Å². The van der Waals surface area contributed by atoms with Crippen molar-refractivity contribution < 1.29 is 24.3 Å². The molecule has 2 rings (SSSR count). The van der Waals surface area contributed by atoms with Crippen molar-refractivity contribution in [3.8, 4) is 11.5 Å². The predicted molar refractivity (Wildman–Crippen MR) is 82.1 cm³/mol. The smallest absolute Gasteiger partial charge is 0.342 e. The Hall–Kier alpha value is -3.09. The van der Waals surface area contributed by atoms with E-state index in [0.29, 0.717) is 0 Å². The molecule has 0 saturated carbocycles. The largest absolute Gasteiger partial charge is 0.492 e. The molecule has 0 heterocycles. The lowest BCUT2D eigenvalue weighted by molar-refractivity contribution is -0.385. The second-order valence-electron chi connectivity index (χ2n) is 4.77. The third-order valence-electron chi connectivity index (χ3n) is 3.30. The number of nitro groups is 1. The number of nitrogens with zero attached hydrogens (tertiary/aromatic N) is 1. The molecule has 0 aliphatic heterocycles. The molecule has 0 atom stereocenters. The fourth-order valence-electron chi connectivity index (χ4n) is 2.25. The Morgan fingerprint density at radius 2 is 1.96 bits per heavy atom. The quantitative estimate of drug-likeness (QED) is 0.649. The first kappa shape index (κ1) is 16.3. The third kappa shape index (κ3) is 3.39. The molecule has 2 aromatic rings. The van der Waals surface area contributed by atoms with Crippen LogP contribution in [0.25, 0.3) is 0 Å². The molecule has 0 bridgehead atoms. The van der Waals surface area contributed by atoms with Gasteiger partial charge in [0.25, 0.3) is 5.69 Å². The number of carboxylic acid groups (broad SMARTS) is 1. The Labute approximate surface area is 132 Å². The lowest BCUT2D eigenvalue weighted by Crippen LogP contribution is -2.08. The summed E-state index contributed by atoms with van der Waals surface area (Å²) in [5, 5.41) is 20.4. The standard InChI is InChI=1S/C16H15NO6/c1-10-14(17(20)21)12(16(18)19)8-13(15(10)22-2)23-9-11-6-4-3-5-7-11/h3-8H,9H2,1-2H3,(H,18,19). The van der Waals surface area contributed by atoms with E-state index in [1.165, 1.54) is 14.0 Å². The lowest BCUT2D eigenvalue weighted by Gasteiger charge is -2.14. The molecule has 0 aromatic heterocycles. The van der Waals surface area contributed by atoms with Crippen molar-refractivity contribution in [3.63, 3.8) is 0 Å². The van der Waals surface area contributed by atoms with Gasteiger partial charge in [0.05, 0.1) is 17.6 Å². The third-order valence-corrected chi connectivity index (χ3v) is 3.30. The van der Waals surface area contributed by atoms with Gasteiger partial charge in [0.15, 0.2) is 11.5 Å². The molecule has 0 aliphatic rings. The van der Waals surface area contributed by atoms with E-state index in [-0.39, 0.29) is 23.7 Å². The highest BCUT2D eigenvalue weighted by molar-refractivity contribution is 5.94. The molecule has 0 amide bonds. The SMILES string of the molecule is COc1c(OCc2ccccc2)cc(C(=O)O)c([N+](=O)[O-])c1C. The first-order valence-corrected chi connectivity index (χ1v) is 6.71. The summed E-state index contributed by atoms with van der Waals surface area (Å²) in [4.78, 5) is 21.7. The number of ether oxygens (including phenoxy) is 2. The van der Waals surface area contributed by atoms with Crippen LogP contribution in [0.15, 0.2) is 36.4 Å². The van der Waals surface area contributed by atoms with Gasteiger partial charge in [-0.25, -0.2) is 4.79 Å². The van der Waals surface area contributed by atoms with Gasteiger partial charge in [0.1, 0.15) is 12.2 Å². The first-order valence-electron chi connectivity index (χ1n) is 6.71. The maximum Gasteiger partial charge on any atom is 0.342 e. The highest BCUT2D eigenvalue weighted by Crippen LogP contribution is 2.40. The van der Waals surface area contributed by atoms with Crippen molar-refractivity contribution in [1.82, 2.24) is 0 Å². The Morgan fingerprint density at radius 3 is 2.48 bits per heavy atom. The van der Waals surface area contributed by atoms with Crippen LogP contribution in [0.1, 0.15) is 21.5 Å². The van der Waals surface area contributed by atoms with Gasteiger partial charge in [0, 0.05) is 6.07 Å². The Bertz CT molecular complexity index is 742. The number of benzene rings is 2. The highest BCUT2D eigenvalue weighted by Gasteiger charge is 2.28. The van der Waals surface area contributed by atoms with Crippen LogP contribution in [-0.2, 0) is 6.61 Å². The number of methoxy groups -OCH3 is 1. The topological polar surface area (TPSA) is 98.9 Å². The van der Waals surface area contributed by atoms with Crippen molar-refractivity contribution in [2.75, 3.05) is 7.11 Å². The maximum absolute atomic E-state index is 11.3. The van der Waals surface area contributed by atoms with Gasteiger partial charge in [-0.3, -0.25) is 10.1 Å². The zero-order chi connectivity index (χ0) is 17.0. The van der Waals surface area contributed by atoms with Crippen LogP contribution in [0.5, 0.6) is 11.5 Å². The van der Waals surface area contributed by atoms with Crippen LogP contribution in [-0.4, -0.2) is 23.1 Å². The van der Waals surface area contributed by atoms with E-state index in [4.69, 9.17) is 9.47 Å². The molecule has 120 valence electrons. The van der Waals surface area contributed by atoms with Gasteiger partial charge < -0.3 is 14.6 Å². The number of aromatic carboxylic acids is 1. The fourth-order valence-corrected chi connectivity index (χ4v) is 2.25. The summed E-state index contributed by atoms with van der Waals surface area (Å²) in [7, 11) is 1.35. The van der Waals surface area contributed by atoms with Gasteiger partial charge in [-0.15, -0.1) is 0 Å². The van der Waals surface area contributed by atoms with Crippen molar-refractivity contribution in [3.05, 3.63) is 63.2 Å². The van der Waals surface area contributed by atoms with Crippen LogP contribution in [0.4, 0.5) is 5.69 Å². The molecule has 0 saturated heterocycles. The Morgan fingerprint density at radius 1 is 1.30 bits per heavy atom. The van der Waals surface area contributed by atoms with Crippen LogP contribution < -0.4 is 9.47 Å². The molecule has 7 nitrogen and oxygen atoms in total. The Balaban J connectivity index is 2.46. The molecule has 0 radical (unpaired) electrons. The fraction of sp³-hybridized carbons (Fsp3) is 0.188. The van der Waals surface area contributed by atoms with Gasteiger partial charge in [-0.05, 0) is 12.5 Å². The second-order valence-corrected chi connectivity index (χ2v) is 4.77. The highest BCUT2D eigenvalue weighted by atomic mass is 16.6. The van der Waals surface area contributed by atoms with Crippen LogP contribution in [0.2, 0.25) is 0 Å². The molecular formula is C16H15NO6. The molecule has 0 unspecified atom stereocenters. The first-order chi connectivity index (χ1) is 11.0. The number of rotatable bonds is 6. The van der Waals surface area contributed by atoms with Gasteiger partial charge in [0.2, 0.25) is 0 Å². The van der Waals surface area contributed by atoms with Crippen LogP contribution >= 0.6 is 0 Å². The summed E-state index contributed by atoms with van der Waals surface area (Å²) >= 11 is 0. The van der Waals surface area contributed by atoms with E-state index in [1.807, 2.05) is 30.3 Å². The molecular weight excluding hydrogens is 302 g/mol. The molecule has 7 heteroatoms. The van der Waals surface area contributed by atoms with Crippen LogP contribution in [0.3, 0.4) is 0 Å². The van der Waals surface area contributed by atoms with E-state index < -0.39 is 22.1 Å². The second kappa shape index (κ2) is 6.78. The summed E-state index contributed by atoms with van der Waals surface area (Å²) in [5.74, 6) is -1.10. The number of hydrogen-bond donors (Lipinski definition) is 1. The number of carbonyl (C=O) groups is 1. The zero-order valence-electron chi connectivity index (χ0n) is 12.6. The normalized spacial score (nSPS) is 10.2. The van der Waals surface area contributed by atoms with Crippen molar-refractivity contribution in [2.24, 2.45) is 0 Å². The number of hydrogen-bond acceptors (Lipinski definition) is 5. The zero-order valence-corrected chi connectivity index (χ0v) is 12.6. The van der Waals surface area contributed by atoms with Crippen molar-refractivity contribution in [1.29, 1.82) is 0 Å². The van der Waals surface area contributed by atoms with Crippen molar-refractivity contribution >= 4 is 11.7 Å².